The van der Waals surface area contributed by atoms with Gasteiger partial charge in [-0.2, -0.15) is 0 Å². The van der Waals surface area contributed by atoms with Gasteiger partial charge in [-0.3, -0.25) is 0 Å². The Bertz CT molecular complexity index is 642. The predicted octanol–water partition coefficient (Wildman–Crippen LogP) is 5.91. The van der Waals surface area contributed by atoms with E-state index < -0.39 is 0 Å². The second-order valence-electron chi connectivity index (χ2n) is 4.85. The van der Waals surface area contributed by atoms with Crippen LogP contribution in [-0.4, -0.2) is 6.61 Å². The second kappa shape index (κ2) is 6.08. The molecule has 1 aliphatic heterocycles. The number of alkyl halides is 1. The summed E-state index contributed by atoms with van der Waals surface area (Å²) >= 11 is 13.5. The molecule has 0 aromatic heterocycles. The van der Waals surface area contributed by atoms with E-state index in [-0.39, 0.29) is 4.83 Å². The highest BCUT2D eigenvalue weighted by atomic mass is 79.9. The molecule has 1 aliphatic rings. The molecule has 0 N–H and O–H groups in total. The lowest BCUT2D eigenvalue weighted by atomic mass is 9.99. The molecule has 0 aliphatic carbocycles. The first-order chi connectivity index (χ1) is 9.65. The van der Waals surface area contributed by atoms with Crippen molar-refractivity contribution < 1.29 is 4.74 Å². The molecule has 0 spiro atoms. The van der Waals surface area contributed by atoms with E-state index >= 15 is 0 Å². The zero-order chi connectivity index (χ0) is 14.1. The molecular weight excluding hydrogens is 403 g/mol. The molecule has 0 bridgehead atoms. The van der Waals surface area contributed by atoms with Gasteiger partial charge in [0, 0.05) is 9.50 Å². The number of hydrogen-bond acceptors (Lipinski definition) is 1. The van der Waals surface area contributed by atoms with E-state index in [1.807, 2.05) is 18.2 Å². The molecule has 1 unspecified atom stereocenters. The van der Waals surface area contributed by atoms with Gasteiger partial charge in [0.05, 0.1) is 11.4 Å². The summed E-state index contributed by atoms with van der Waals surface area (Å²) in [5.41, 5.74) is 3.57. The number of fused-ring (bicyclic) bond motifs is 1. The number of benzene rings is 2. The van der Waals surface area contributed by atoms with Crippen LogP contribution in [0.15, 0.2) is 40.9 Å². The van der Waals surface area contributed by atoms with Crippen molar-refractivity contribution >= 4 is 43.5 Å². The van der Waals surface area contributed by atoms with Gasteiger partial charge in [0.2, 0.25) is 0 Å². The van der Waals surface area contributed by atoms with Gasteiger partial charge < -0.3 is 4.74 Å². The minimum absolute atomic E-state index is 0.0929. The average molecular weight is 417 g/mol. The Morgan fingerprint density at radius 3 is 2.80 bits per heavy atom. The van der Waals surface area contributed by atoms with Crippen molar-refractivity contribution in [2.24, 2.45) is 0 Å². The van der Waals surface area contributed by atoms with Crippen LogP contribution in [0.5, 0.6) is 5.75 Å². The van der Waals surface area contributed by atoms with Crippen molar-refractivity contribution in [3.05, 3.63) is 62.6 Å². The van der Waals surface area contributed by atoms with Crippen molar-refractivity contribution in [1.29, 1.82) is 0 Å². The molecule has 1 nitrogen and oxygen atoms in total. The molecule has 2 aromatic rings. The summed E-state index contributed by atoms with van der Waals surface area (Å²) in [7, 11) is 0. The van der Waals surface area contributed by atoms with Crippen molar-refractivity contribution in [2.75, 3.05) is 6.61 Å². The highest BCUT2D eigenvalue weighted by molar-refractivity contribution is 9.10. The Balaban J connectivity index is 1.95. The van der Waals surface area contributed by atoms with Gasteiger partial charge >= 0.3 is 0 Å². The molecule has 0 saturated carbocycles. The highest BCUT2D eigenvalue weighted by Crippen LogP contribution is 2.38. The fraction of sp³-hybridized carbons (Fsp3) is 0.250. The average Bonchev–Trinajstić information content (AvgIpc) is 2.46. The Kier molecular flexibility index (Phi) is 4.39. The third-order valence-electron chi connectivity index (χ3n) is 3.46. The molecule has 0 fully saturated rings. The Morgan fingerprint density at radius 2 is 2.00 bits per heavy atom. The molecule has 0 radical (unpaired) electrons. The van der Waals surface area contributed by atoms with Gasteiger partial charge in [0.25, 0.3) is 0 Å². The lowest BCUT2D eigenvalue weighted by Crippen LogP contribution is -2.08. The summed E-state index contributed by atoms with van der Waals surface area (Å²) in [4.78, 5) is 0.0929. The van der Waals surface area contributed by atoms with Crippen molar-refractivity contribution in [3.63, 3.8) is 0 Å². The van der Waals surface area contributed by atoms with Crippen LogP contribution in [0, 0.1) is 0 Å². The van der Waals surface area contributed by atoms with Crippen molar-refractivity contribution in [3.8, 4) is 5.75 Å². The van der Waals surface area contributed by atoms with Gasteiger partial charge in [-0.15, -0.1) is 0 Å². The van der Waals surface area contributed by atoms with Crippen LogP contribution in [0.3, 0.4) is 0 Å². The summed E-state index contributed by atoms with van der Waals surface area (Å²) in [5, 5.41) is 0.759. The van der Waals surface area contributed by atoms with Gasteiger partial charge in [0.15, 0.2) is 0 Å². The summed E-state index contributed by atoms with van der Waals surface area (Å²) in [6, 6.07) is 12.4. The van der Waals surface area contributed by atoms with Crippen LogP contribution in [0.2, 0.25) is 5.02 Å². The maximum Gasteiger partial charge on any atom is 0.122 e. The molecule has 2 aromatic carbocycles. The van der Waals surface area contributed by atoms with Gasteiger partial charge in [-0.05, 0) is 47.7 Å². The number of hydrogen-bond donors (Lipinski definition) is 0. The fourth-order valence-electron chi connectivity index (χ4n) is 2.42. The quantitative estimate of drug-likeness (QED) is 0.553. The number of aryl methyl sites for hydroxylation is 1. The van der Waals surface area contributed by atoms with Gasteiger partial charge in [-0.1, -0.05) is 61.7 Å². The van der Waals surface area contributed by atoms with Gasteiger partial charge in [0.1, 0.15) is 5.75 Å². The van der Waals surface area contributed by atoms with Crippen molar-refractivity contribution in [1.82, 2.24) is 0 Å². The number of rotatable bonds is 2. The fourth-order valence-corrected chi connectivity index (χ4v) is 4.02. The van der Waals surface area contributed by atoms with E-state index in [0.29, 0.717) is 0 Å². The Labute approximate surface area is 140 Å². The standard InChI is InChI=1S/C16H13Br2ClO/c17-12-4-5-13(14(19)9-12)16(18)11-3-6-15-10(8-11)2-1-7-20-15/h3-6,8-9,16H,1-2,7H2. The summed E-state index contributed by atoms with van der Waals surface area (Å²) in [6.45, 7) is 0.822. The van der Waals surface area contributed by atoms with E-state index in [1.54, 1.807) is 0 Å². The third-order valence-corrected chi connectivity index (χ3v) is 5.30. The molecule has 0 amide bonds. The minimum Gasteiger partial charge on any atom is -0.493 e. The largest absolute Gasteiger partial charge is 0.493 e. The zero-order valence-corrected chi connectivity index (χ0v) is 14.6. The maximum atomic E-state index is 6.33. The van der Waals surface area contributed by atoms with Crippen molar-refractivity contribution in [2.45, 2.75) is 17.7 Å². The topological polar surface area (TPSA) is 9.23 Å². The highest BCUT2D eigenvalue weighted by Gasteiger charge is 2.17. The molecule has 4 heteroatoms. The van der Waals surface area contributed by atoms with Crippen LogP contribution >= 0.6 is 43.5 Å². The van der Waals surface area contributed by atoms with Crippen LogP contribution in [-0.2, 0) is 6.42 Å². The normalized spacial score (nSPS) is 15.3. The van der Waals surface area contributed by atoms with Crippen LogP contribution in [0.4, 0.5) is 0 Å². The first-order valence-corrected chi connectivity index (χ1v) is 8.58. The Hall–Kier alpha value is -0.510. The predicted molar refractivity (Wildman–Crippen MR) is 90.2 cm³/mol. The van der Waals surface area contributed by atoms with E-state index in [1.165, 1.54) is 11.1 Å². The number of halogens is 3. The monoisotopic (exact) mass is 414 g/mol. The zero-order valence-electron chi connectivity index (χ0n) is 10.7. The SMILES string of the molecule is Clc1cc(Br)ccc1C(Br)c1ccc2c(c1)CCCO2. The molecule has 0 saturated heterocycles. The van der Waals surface area contributed by atoms with Crippen LogP contribution in [0.25, 0.3) is 0 Å². The van der Waals surface area contributed by atoms with Gasteiger partial charge in [-0.25, -0.2) is 0 Å². The molecular formula is C16H13Br2ClO. The summed E-state index contributed by atoms with van der Waals surface area (Å²) in [6.07, 6.45) is 2.17. The Morgan fingerprint density at radius 1 is 1.15 bits per heavy atom. The minimum atomic E-state index is 0.0929. The molecule has 3 rings (SSSR count). The molecule has 1 heterocycles. The van der Waals surface area contributed by atoms with Crippen LogP contribution < -0.4 is 4.74 Å². The second-order valence-corrected chi connectivity index (χ2v) is 7.09. The third kappa shape index (κ3) is 2.90. The summed E-state index contributed by atoms with van der Waals surface area (Å²) < 4.78 is 6.65. The maximum absolute atomic E-state index is 6.33. The lowest BCUT2D eigenvalue weighted by Gasteiger charge is -2.20. The van der Waals surface area contributed by atoms with E-state index in [9.17, 15) is 0 Å². The lowest BCUT2D eigenvalue weighted by molar-refractivity contribution is 0.288. The first-order valence-electron chi connectivity index (χ1n) is 6.50. The summed E-state index contributed by atoms with van der Waals surface area (Å²) in [5.74, 6) is 1.02. The van der Waals surface area contributed by atoms with E-state index in [4.69, 9.17) is 16.3 Å². The smallest absolute Gasteiger partial charge is 0.122 e. The molecule has 20 heavy (non-hydrogen) atoms. The van der Waals surface area contributed by atoms with Crippen LogP contribution in [0.1, 0.15) is 27.9 Å². The first kappa shape index (κ1) is 14.4. The molecule has 1 atom stereocenters. The molecule has 104 valence electrons. The number of ether oxygens (including phenoxy) is 1. The van der Waals surface area contributed by atoms with E-state index in [2.05, 4.69) is 50.1 Å². The van der Waals surface area contributed by atoms with E-state index in [0.717, 1.165) is 40.3 Å².